The van der Waals surface area contributed by atoms with Crippen LogP contribution in [0.4, 0.5) is 5.69 Å². The number of benzene rings is 2. The second-order valence-electron chi connectivity index (χ2n) is 7.20. The number of anilines is 1. The molecule has 0 aromatic heterocycles. The summed E-state index contributed by atoms with van der Waals surface area (Å²) in [6.45, 7) is 4.15. The first-order valence-electron chi connectivity index (χ1n) is 9.64. The van der Waals surface area contributed by atoms with Gasteiger partial charge in [-0.1, -0.05) is 48.5 Å². The summed E-state index contributed by atoms with van der Waals surface area (Å²) in [6, 6.07) is 20.5. The van der Waals surface area contributed by atoms with Crippen molar-refractivity contribution in [2.45, 2.75) is 19.0 Å². The van der Waals surface area contributed by atoms with Crippen molar-refractivity contribution in [1.29, 1.82) is 0 Å². The van der Waals surface area contributed by atoms with E-state index < -0.39 is 0 Å². The van der Waals surface area contributed by atoms with E-state index in [-0.39, 0.29) is 17.9 Å². The standard InChI is InChI=1S/C22H25N3O2/c26-20-17-21(25(22(20)27)12-11-18-7-3-1-4-8-18)24-15-13-23(14-16-24)19-9-5-2-6-10-19/h1-10,21H,11-17H2/t21-/m1/s1. The van der Waals surface area contributed by atoms with E-state index in [4.69, 9.17) is 0 Å². The summed E-state index contributed by atoms with van der Waals surface area (Å²) in [6.07, 6.45) is 1.01. The fourth-order valence-electron chi connectivity index (χ4n) is 4.05. The molecule has 5 heteroatoms. The minimum atomic E-state index is -0.318. The van der Waals surface area contributed by atoms with Crippen molar-refractivity contribution in [3.8, 4) is 0 Å². The van der Waals surface area contributed by atoms with Crippen LogP contribution in [0.1, 0.15) is 12.0 Å². The molecule has 2 aromatic carbocycles. The number of hydrogen-bond donors (Lipinski definition) is 0. The summed E-state index contributed by atoms with van der Waals surface area (Å²) in [5.74, 6) is -0.569. The number of nitrogens with zero attached hydrogens (tertiary/aromatic N) is 3. The van der Waals surface area contributed by atoms with E-state index >= 15 is 0 Å². The Balaban J connectivity index is 1.39. The summed E-state index contributed by atoms with van der Waals surface area (Å²) >= 11 is 0. The smallest absolute Gasteiger partial charge is 0.291 e. The van der Waals surface area contributed by atoms with Crippen molar-refractivity contribution in [2.75, 3.05) is 37.6 Å². The molecule has 27 heavy (non-hydrogen) atoms. The maximum absolute atomic E-state index is 12.4. The molecule has 5 nitrogen and oxygen atoms in total. The number of hydrogen-bond acceptors (Lipinski definition) is 4. The molecule has 2 heterocycles. The lowest BCUT2D eigenvalue weighted by atomic mass is 10.1. The molecule has 2 aliphatic rings. The van der Waals surface area contributed by atoms with Crippen LogP contribution in [0.3, 0.4) is 0 Å². The Morgan fingerprint density at radius 1 is 0.815 bits per heavy atom. The Kier molecular flexibility index (Phi) is 5.21. The lowest BCUT2D eigenvalue weighted by Crippen LogP contribution is -2.55. The zero-order chi connectivity index (χ0) is 18.6. The van der Waals surface area contributed by atoms with Crippen molar-refractivity contribution in [3.63, 3.8) is 0 Å². The monoisotopic (exact) mass is 363 g/mol. The maximum atomic E-state index is 12.4. The van der Waals surface area contributed by atoms with Crippen molar-refractivity contribution in [3.05, 3.63) is 66.2 Å². The average Bonchev–Trinajstić information content (AvgIpc) is 3.02. The van der Waals surface area contributed by atoms with Gasteiger partial charge in [-0.05, 0) is 24.1 Å². The average molecular weight is 363 g/mol. The van der Waals surface area contributed by atoms with Crippen molar-refractivity contribution in [2.24, 2.45) is 0 Å². The number of rotatable bonds is 5. The van der Waals surface area contributed by atoms with Crippen LogP contribution >= 0.6 is 0 Å². The number of likely N-dealkylation sites (tertiary alicyclic amines) is 1. The molecule has 0 saturated carbocycles. The van der Waals surface area contributed by atoms with E-state index in [0.717, 1.165) is 32.6 Å². The van der Waals surface area contributed by atoms with Gasteiger partial charge in [0, 0.05) is 38.4 Å². The van der Waals surface area contributed by atoms with Gasteiger partial charge in [0.1, 0.15) is 0 Å². The summed E-state index contributed by atoms with van der Waals surface area (Å²) < 4.78 is 0. The topological polar surface area (TPSA) is 43.9 Å². The molecular formula is C22H25N3O2. The SMILES string of the molecule is O=C1C[C@H](N2CCN(c3ccccc3)CC2)N(CCc2ccccc2)C1=O. The Hall–Kier alpha value is -2.66. The predicted octanol–water partition coefficient (Wildman–Crippen LogP) is 2.18. The highest BCUT2D eigenvalue weighted by atomic mass is 16.2. The Labute approximate surface area is 160 Å². The molecule has 0 N–H and O–H groups in total. The molecular weight excluding hydrogens is 338 g/mol. The van der Waals surface area contributed by atoms with E-state index in [1.807, 2.05) is 24.3 Å². The molecule has 2 aliphatic heterocycles. The number of carbonyl (C=O) groups excluding carboxylic acids is 2. The molecule has 2 fully saturated rings. The van der Waals surface area contributed by atoms with Crippen LogP contribution < -0.4 is 4.90 Å². The predicted molar refractivity (Wildman–Crippen MR) is 105 cm³/mol. The molecule has 2 saturated heterocycles. The van der Waals surface area contributed by atoms with E-state index in [1.165, 1.54) is 11.3 Å². The third kappa shape index (κ3) is 3.88. The summed E-state index contributed by atoms with van der Waals surface area (Å²) in [4.78, 5) is 31.0. The Bertz CT molecular complexity index is 786. The van der Waals surface area contributed by atoms with Crippen LogP contribution in [0.2, 0.25) is 0 Å². The molecule has 1 amide bonds. The minimum Gasteiger partial charge on any atom is -0.369 e. The third-order valence-electron chi connectivity index (χ3n) is 5.57. The van der Waals surface area contributed by atoms with Gasteiger partial charge in [-0.2, -0.15) is 0 Å². The Morgan fingerprint density at radius 3 is 2.11 bits per heavy atom. The molecule has 0 aliphatic carbocycles. The number of amides is 1. The zero-order valence-corrected chi connectivity index (χ0v) is 15.5. The quantitative estimate of drug-likeness (QED) is 0.764. The van der Waals surface area contributed by atoms with Crippen LogP contribution in [-0.4, -0.2) is 60.4 Å². The highest BCUT2D eigenvalue weighted by molar-refractivity contribution is 6.38. The van der Waals surface area contributed by atoms with E-state index in [1.54, 1.807) is 4.90 Å². The number of Topliss-reactive ketones (excluding diaryl/α,β-unsaturated/α-hetero) is 1. The zero-order valence-electron chi connectivity index (χ0n) is 15.5. The first-order valence-corrected chi connectivity index (χ1v) is 9.64. The van der Waals surface area contributed by atoms with Gasteiger partial charge >= 0.3 is 0 Å². The second kappa shape index (κ2) is 7.92. The molecule has 0 spiro atoms. The fourth-order valence-corrected chi connectivity index (χ4v) is 4.05. The molecule has 0 radical (unpaired) electrons. The number of para-hydroxylation sites is 1. The van der Waals surface area contributed by atoms with Crippen molar-refractivity contribution < 1.29 is 9.59 Å². The van der Waals surface area contributed by atoms with Crippen LogP contribution in [0.25, 0.3) is 0 Å². The normalized spacial score (nSPS) is 21.1. The van der Waals surface area contributed by atoms with Crippen LogP contribution in [0.15, 0.2) is 60.7 Å². The molecule has 0 unspecified atom stereocenters. The Morgan fingerprint density at radius 2 is 1.44 bits per heavy atom. The van der Waals surface area contributed by atoms with E-state index in [9.17, 15) is 9.59 Å². The molecule has 4 rings (SSSR count). The van der Waals surface area contributed by atoms with Crippen molar-refractivity contribution in [1.82, 2.24) is 9.80 Å². The molecule has 140 valence electrons. The second-order valence-corrected chi connectivity index (χ2v) is 7.20. The summed E-state index contributed by atoms with van der Waals surface area (Å²) in [5.41, 5.74) is 2.42. The highest BCUT2D eigenvalue weighted by Crippen LogP contribution is 2.23. The largest absolute Gasteiger partial charge is 0.369 e. The van der Waals surface area contributed by atoms with Gasteiger partial charge in [-0.25, -0.2) is 0 Å². The van der Waals surface area contributed by atoms with E-state index in [2.05, 4.69) is 46.2 Å². The van der Waals surface area contributed by atoms with Gasteiger partial charge in [0.2, 0.25) is 5.78 Å². The van der Waals surface area contributed by atoms with Crippen molar-refractivity contribution >= 4 is 17.4 Å². The van der Waals surface area contributed by atoms with Gasteiger partial charge in [-0.3, -0.25) is 14.5 Å². The first-order chi connectivity index (χ1) is 13.2. The van der Waals surface area contributed by atoms with Gasteiger partial charge in [0.05, 0.1) is 12.6 Å². The maximum Gasteiger partial charge on any atom is 0.291 e. The van der Waals surface area contributed by atoms with Crippen LogP contribution in [-0.2, 0) is 16.0 Å². The summed E-state index contributed by atoms with van der Waals surface area (Å²) in [7, 11) is 0. The van der Waals surface area contributed by atoms with E-state index in [0.29, 0.717) is 13.0 Å². The number of piperazine rings is 1. The highest BCUT2D eigenvalue weighted by Gasteiger charge is 2.41. The molecule has 2 aromatic rings. The van der Waals surface area contributed by atoms with Gasteiger partial charge in [0.15, 0.2) is 0 Å². The first kappa shape index (κ1) is 17.7. The van der Waals surface area contributed by atoms with Gasteiger partial charge in [0.25, 0.3) is 5.91 Å². The number of ketones is 1. The third-order valence-corrected chi connectivity index (χ3v) is 5.57. The van der Waals surface area contributed by atoms with Crippen LogP contribution in [0.5, 0.6) is 0 Å². The van der Waals surface area contributed by atoms with Crippen LogP contribution in [0, 0.1) is 0 Å². The summed E-state index contributed by atoms with van der Waals surface area (Å²) in [5, 5.41) is 0. The molecule has 0 bridgehead atoms. The van der Waals surface area contributed by atoms with Gasteiger partial charge in [-0.15, -0.1) is 0 Å². The minimum absolute atomic E-state index is 0.0911. The lowest BCUT2D eigenvalue weighted by molar-refractivity contribution is -0.141. The molecule has 1 atom stereocenters. The van der Waals surface area contributed by atoms with Gasteiger partial charge < -0.3 is 9.80 Å². The lowest BCUT2D eigenvalue weighted by Gasteiger charge is -2.41. The fraction of sp³-hybridized carbons (Fsp3) is 0.364. The number of carbonyl (C=O) groups is 2.